The molecule has 154 valence electrons. The molecule has 1 unspecified atom stereocenters. The zero-order valence-electron chi connectivity index (χ0n) is 15.6. The number of hydrogen-bond acceptors (Lipinski definition) is 8. The van der Waals surface area contributed by atoms with Gasteiger partial charge in [-0.2, -0.15) is 16.5 Å². The molecule has 0 fully saturated rings. The van der Waals surface area contributed by atoms with E-state index in [-0.39, 0.29) is 11.5 Å². The number of carbonyl (C=O) groups excluding carboxylic acids is 1. The third-order valence-electron chi connectivity index (χ3n) is 3.89. The predicted octanol–water partition coefficient (Wildman–Crippen LogP) is 3.55. The zero-order valence-corrected chi connectivity index (χ0v) is 18.1. The van der Waals surface area contributed by atoms with Crippen molar-refractivity contribution >= 4 is 39.1 Å². The summed E-state index contributed by atoms with van der Waals surface area (Å²) >= 11 is 3.01. The van der Waals surface area contributed by atoms with E-state index < -0.39 is 22.0 Å². The Bertz CT molecular complexity index is 1020. The molecular formula is C19H20N2O5S3. The Morgan fingerprint density at radius 1 is 1.28 bits per heavy atom. The number of benzene rings is 1. The molecule has 1 N–H and O–H groups in total. The molecule has 2 heterocycles. The monoisotopic (exact) mass is 452 g/mol. The topological polar surface area (TPSA) is 98.5 Å². The minimum atomic E-state index is -3.84. The molecule has 0 radical (unpaired) electrons. The first kappa shape index (κ1) is 21.6. The lowest BCUT2D eigenvalue weighted by molar-refractivity contribution is -0.147. The van der Waals surface area contributed by atoms with E-state index in [9.17, 15) is 13.2 Å². The summed E-state index contributed by atoms with van der Waals surface area (Å²) in [6.45, 7) is -0.101. The second-order valence-electron chi connectivity index (χ2n) is 6.00. The van der Waals surface area contributed by atoms with Crippen molar-refractivity contribution in [3.05, 3.63) is 59.8 Å². The minimum absolute atomic E-state index is 0.0963. The highest BCUT2D eigenvalue weighted by atomic mass is 32.2. The van der Waals surface area contributed by atoms with Crippen molar-refractivity contribution in [1.82, 2.24) is 9.71 Å². The lowest BCUT2D eigenvalue weighted by Gasteiger charge is -2.17. The second kappa shape index (κ2) is 10.1. The Hall–Kier alpha value is -2.14. The summed E-state index contributed by atoms with van der Waals surface area (Å²) < 4.78 is 38.3. The third kappa shape index (κ3) is 5.92. The number of thioether (sulfide) groups is 1. The minimum Gasteiger partial charge on any atom is -0.458 e. The Morgan fingerprint density at radius 3 is 2.76 bits per heavy atom. The van der Waals surface area contributed by atoms with Gasteiger partial charge in [-0.3, -0.25) is 4.79 Å². The maximum Gasteiger partial charge on any atom is 0.324 e. The highest BCUT2D eigenvalue weighted by Gasteiger charge is 2.27. The number of sulfonamides is 1. The fourth-order valence-electron chi connectivity index (χ4n) is 2.45. The van der Waals surface area contributed by atoms with Gasteiger partial charge in [0.25, 0.3) is 0 Å². The molecule has 0 amide bonds. The number of ether oxygens (including phenoxy) is 1. The van der Waals surface area contributed by atoms with Gasteiger partial charge in [0.15, 0.2) is 0 Å². The van der Waals surface area contributed by atoms with E-state index in [1.807, 2.05) is 23.8 Å². The van der Waals surface area contributed by atoms with Crippen molar-refractivity contribution in [2.75, 3.05) is 12.0 Å². The summed E-state index contributed by atoms with van der Waals surface area (Å²) in [4.78, 5) is 17.8. The van der Waals surface area contributed by atoms with E-state index >= 15 is 0 Å². The quantitative estimate of drug-likeness (QED) is 0.470. The van der Waals surface area contributed by atoms with Gasteiger partial charge in [-0.15, -0.1) is 11.3 Å². The maximum absolute atomic E-state index is 12.6. The SMILES string of the molecule is CSCCC(NS(=O)(=O)c1ccccc1)C(=O)OCc1coc(-c2cccs2)n1. The first-order valence-corrected chi connectivity index (χ1v) is 12.5. The summed E-state index contributed by atoms with van der Waals surface area (Å²) in [6, 6.07) is 10.7. The van der Waals surface area contributed by atoms with Gasteiger partial charge in [-0.1, -0.05) is 24.3 Å². The first-order valence-electron chi connectivity index (χ1n) is 8.71. The lowest BCUT2D eigenvalue weighted by atomic mass is 10.2. The fraction of sp³-hybridized carbons (Fsp3) is 0.263. The van der Waals surface area contributed by atoms with E-state index in [1.165, 1.54) is 41.5 Å². The van der Waals surface area contributed by atoms with Crippen molar-refractivity contribution in [2.45, 2.75) is 24.0 Å². The van der Waals surface area contributed by atoms with Crippen LogP contribution in [0.5, 0.6) is 0 Å². The lowest BCUT2D eigenvalue weighted by Crippen LogP contribution is -2.42. The van der Waals surface area contributed by atoms with Crippen molar-refractivity contribution in [2.24, 2.45) is 0 Å². The number of nitrogens with one attached hydrogen (secondary N) is 1. The highest BCUT2D eigenvalue weighted by molar-refractivity contribution is 7.98. The molecule has 10 heteroatoms. The molecule has 0 aliphatic heterocycles. The fourth-order valence-corrected chi connectivity index (χ4v) is 4.81. The van der Waals surface area contributed by atoms with Crippen LogP contribution in [-0.2, 0) is 26.2 Å². The average Bonchev–Trinajstić information content (AvgIpc) is 3.41. The largest absolute Gasteiger partial charge is 0.458 e. The number of carbonyl (C=O) groups is 1. The molecule has 0 saturated heterocycles. The summed E-state index contributed by atoms with van der Waals surface area (Å²) in [5.74, 6) is 0.401. The summed E-state index contributed by atoms with van der Waals surface area (Å²) in [5, 5.41) is 1.91. The molecule has 29 heavy (non-hydrogen) atoms. The van der Waals surface area contributed by atoms with E-state index in [2.05, 4.69) is 9.71 Å². The number of rotatable bonds is 10. The maximum atomic E-state index is 12.6. The number of oxazole rings is 1. The highest BCUT2D eigenvalue weighted by Crippen LogP contribution is 2.23. The number of thiophene rings is 1. The van der Waals surface area contributed by atoms with Crippen LogP contribution in [0.1, 0.15) is 12.1 Å². The molecule has 1 aromatic carbocycles. The van der Waals surface area contributed by atoms with Crippen molar-refractivity contribution in [3.63, 3.8) is 0 Å². The van der Waals surface area contributed by atoms with Crippen molar-refractivity contribution in [1.29, 1.82) is 0 Å². The molecule has 0 bridgehead atoms. The molecule has 7 nitrogen and oxygen atoms in total. The van der Waals surface area contributed by atoms with E-state index in [0.717, 1.165) is 4.88 Å². The Kier molecular flexibility index (Phi) is 7.48. The van der Waals surface area contributed by atoms with Crippen LogP contribution in [0.25, 0.3) is 10.8 Å². The van der Waals surface area contributed by atoms with Gasteiger partial charge in [0, 0.05) is 0 Å². The molecule has 3 aromatic rings. The van der Waals surface area contributed by atoms with Gasteiger partial charge in [0.05, 0.1) is 9.77 Å². The van der Waals surface area contributed by atoms with Crippen LogP contribution in [0.3, 0.4) is 0 Å². The number of nitrogens with zero attached hydrogens (tertiary/aromatic N) is 1. The number of aromatic nitrogens is 1. The van der Waals surface area contributed by atoms with Crippen LogP contribution in [0, 0.1) is 0 Å². The standard InChI is InChI=1S/C19H20N2O5S3/c1-27-11-9-16(21-29(23,24)15-6-3-2-4-7-15)19(22)26-13-14-12-25-18(20-14)17-8-5-10-28-17/h2-8,10,12,16,21H,9,11,13H2,1H3. The smallest absolute Gasteiger partial charge is 0.324 e. The van der Waals surface area contributed by atoms with E-state index in [0.29, 0.717) is 23.8 Å². The van der Waals surface area contributed by atoms with Gasteiger partial charge in [0.1, 0.15) is 24.6 Å². The Balaban J connectivity index is 1.64. The Labute approximate surface area is 177 Å². The first-order chi connectivity index (χ1) is 14.0. The molecule has 3 rings (SSSR count). The predicted molar refractivity (Wildman–Crippen MR) is 113 cm³/mol. The molecule has 0 spiro atoms. The van der Waals surface area contributed by atoms with E-state index in [4.69, 9.17) is 9.15 Å². The number of hydrogen-bond donors (Lipinski definition) is 1. The average molecular weight is 453 g/mol. The van der Waals surface area contributed by atoms with Crippen LogP contribution in [0.15, 0.2) is 63.4 Å². The van der Waals surface area contributed by atoms with Gasteiger partial charge in [0.2, 0.25) is 15.9 Å². The van der Waals surface area contributed by atoms with Crippen LogP contribution in [0.4, 0.5) is 0 Å². The summed E-state index contributed by atoms with van der Waals surface area (Å²) in [5.41, 5.74) is 0.455. The molecule has 0 aliphatic rings. The summed E-state index contributed by atoms with van der Waals surface area (Å²) in [6.07, 6.45) is 3.62. The normalized spacial score (nSPS) is 12.6. The Morgan fingerprint density at radius 2 is 2.07 bits per heavy atom. The van der Waals surface area contributed by atoms with Gasteiger partial charge in [-0.05, 0) is 42.0 Å². The molecule has 0 saturated carbocycles. The third-order valence-corrected chi connectivity index (χ3v) is 6.88. The van der Waals surface area contributed by atoms with Crippen molar-refractivity contribution < 1.29 is 22.4 Å². The van der Waals surface area contributed by atoms with Crippen LogP contribution in [0.2, 0.25) is 0 Å². The van der Waals surface area contributed by atoms with Crippen LogP contribution in [-0.4, -0.2) is 37.4 Å². The van der Waals surface area contributed by atoms with E-state index in [1.54, 1.807) is 18.2 Å². The molecule has 1 atom stereocenters. The van der Waals surface area contributed by atoms with Crippen molar-refractivity contribution in [3.8, 4) is 10.8 Å². The molecular weight excluding hydrogens is 432 g/mol. The number of esters is 1. The molecule has 0 aliphatic carbocycles. The second-order valence-corrected chi connectivity index (χ2v) is 9.64. The van der Waals surface area contributed by atoms with Crippen LogP contribution < -0.4 is 4.72 Å². The van der Waals surface area contributed by atoms with Gasteiger partial charge >= 0.3 is 5.97 Å². The molecule has 2 aromatic heterocycles. The van der Waals surface area contributed by atoms with Crippen LogP contribution >= 0.6 is 23.1 Å². The van der Waals surface area contributed by atoms with Gasteiger partial charge in [-0.25, -0.2) is 13.4 Å². The van der Waals surface area contributed by atoms with Gasteiger partial charge < -0.3 is 9.15 Å². The summed E-state index contributed by atoms with van der Waals surface area (Å²) in [7, 11) is -3.84. The zero-order chi connectivity index (χ0) is 20.7.